The molecule has 0 saturated carbocycles. The first-order valence-corrected chi connectivity index (χ1v) is 7.18. The molecule has 19 heavy (non-hydrogen) atoms. The highest BCUT2D eigenvalue weighted by Crippen LogP contribution is 2.41. The third-order valence-electron chi connectivity index (χ3n) is 2.82. The van der Waals surface area contributed by atoms with Crippen molar-refractivity contribution in [2.45, 2.75) is 6.42 Å². The third-order valence-corrected chi connectivity index (χ3v) is 4.43. The molecular weight excluding hydrogens is 324 g/mol. The second-order valence-corrected chi connectivity index (χ2v) is 5.61. The third kappa shape index (κ3) is 3.01. The van der Waals surface area contributed by atoms with Crippen LogP contribution in [0.15, 0.2) is 30.3 Å². The minimum absolute atomic E-state index is 0.333. The van der Waals surface area contributed by atoms with E-state index in [1.165, 1.54) is 0 Å². The average Bonchev–Trinajstić information content (AvgIpc) is 2.38. The van der Waals surface area contributed by atoms with Crippen molar-refractivity contribution in [3.05, 3.63) is 56.0 Å². The van der Waals surface area contributed by atoms with Crippen molar-refractivity contribution in [3.63, 3.8) is 0 Å². The van der Waals surface area contributed by atoms with Crippen LogP contribution >= 0.6 is 46.4 Å². The number of rotatable bonds is 3. The van der Waals surface area contributed by atoms with Gasteiger partial charge in [0.2, 0.25) is 0 Å². The van der Waals surface area contributed by atoms with Crippen molar-refractivity contribution >= 4 is 46.4 Å². The minimum Gasteiger partial charge on any atom is -0.330 e. The fraction of sp³-hybridized carbons (Fsp3) is 0.143. The van der Waals surface area contributed by atoms with Gasteiger partial charge in [0.05, 0.1) is 15.1 Å². The van der Waals surface area contributed by atoms with E-state index in [2.05, 4.69) is 0 Å². The van der Waals surface area contributed by atoms with E-state index in [-0.39, 0.29) is 0 Å². The van der Waals surface area contributed by atoms with Crippen LogP contribution < -0.4 is 5.73 Å². The maximum absolute atomic E-state index is 6.29. The molecule has 0 atom stereocenters. The lowest BCUT2D eigenvalue weighted by atomic mass is 9.97. The van der Waals surface area contributed by atoms with E-state index >= 15 is 0 Å². The minimum atomic E-state index is 0.333. The zero-order valence-corrected chi connectivity index (χ0v) is 12.9. The summed E-state index contributed by atoms with van der Waals surface area (Å²) in [6, 6.07) is 9.21. The van der Waals surface area contributed by atoms with Gasteiger partial charge in [0.15, 0.2) is 0 Å². The van der Waals surface area contributed by atoms with Crippen LogP contribution in [-0.2, 0) is 6.42 Å². The Balaban J connectivity index is 2.68. The molecule has 0 spiro atoms. The monoisotopic (exact) mass is 333 g/mol. The molecule has 0 bridgehead atoms. The first-order valence-electron chi connectivity index (χ1n) is 5.67. The molecule has 0 aliphatic rings. The normalized spacial score (nSPS) is 10.8. The number of benzene rings is 2. The summed E-state index contributed by atoms with van der Waals surface area (Å²) >= 11 is 24.6. The largest absolute Gasteiger partial charge is 0.330 e. The lowest BCUT2D eigenvalue weighted by Crippen LogP contribution is -2.04. The zero-order valence-electron chi connectivity index (χ0n) is 9.89. The smallest absolute Gasteiger partial charge is 0.0784 e. The highest BCUT2D eigenvalue weighted by Gasteiger charge is 2.15. The van der Waals surface area contributed by atoms with Crippen LogP contribution in [0.1, 0.15) is 5.56 Å². The first kappa shape index (κ1) is 15.0. The molecule has 0 saturated heterocycles. The van der Waals surface area contributed by atoms with Crippen molar-refractivity contribution in [2.24, 2.45) is 5.73 Å². The number of nitrogens with two attached hydrogens (primary N) is 1. The van der Waals surface area contributed by atoms with Crippen LogP contribution in [0.25, 0.3) is 11.1 Å². The summed E-state index contributed by atoms with van der Waals surface area (Å²) in [5.74, 6) is 0. The van der Waals surface area contributed by atoms with Gasteiger partial charge in [-0.2, -0.15) is 0 Å². The molecule has 5 heteroatoms. The van der Waals surface area contributed by atoms with Crippen molar-refractivity contribution in [1.82, 2.24) is 0 Å². The molecule has 0 aliphatic carbocycles. The van der Waals surface area contributed by atoms with E-state index in [0.29, 0.717) is 33.1 Å². The number of halogens is 4. The van der Waals surface area contributed by atoms with Crippen LogP contribution in [0.3, 0.4) is 0 Å². The number of hydrogen-bond donors (Lipinski definition) is 1. The van der Waals surface area contributed by atoms with Gasteiger partial charge in [-0.1, -0.05) is 64.6 Å². The van der Waals surface area contributed by atoms with E-state index < -0.39 is 0 Å². The predicted octanol–water partition coefficient (Wildman–Crippen LogP) is 5.47. The molecule has 2 aromatic carbocycles. The Labute approximate surface area is 132 Å². The number of hydrogen-bond acceptors (Lipinski definition) is 1. The van der Waals surface area contributed by atoms with Crippen molar-refractivity contribution in [1.29, 1.82) is 0 Å². The Kier molecular flexibility index (Phi) is 4.99. The standard InChI is InChI=1S/C14H11Cl4N/c15-10-3-1-2-8(6-7-19)12(10)9-4-5-11(16)14(18)13(9)17/h1-5H,6-7,19H2. The van der Waals surface area contributed by atoms with Crippen LogP contribution in [0.4, 0.5) is 0 Å². The lowest BCUT2D eigenvalue weighted by Gasteiger charge is -2.14. The van der Waals surface area contributed by atoms with E-state index in [4.69, 9.17) is 52.1 Å². The molecule has 0 aliphatic heterocycles. The molecule has 1 nitrogen and oxygen atoms in total. The maximum atomic E-state index is 6.29. The van der Waals surface area contributed by atoms with Crippen molar-refractivity contribution < 1.29 is 0 Å². The fourth-order valence-electron chi connectivity index (χ4n) is 1.95. The SMILES string of the molecule is NCCc1cccc(Cl)c1-c1ccc(Cl)c(Cl)c1Cl. The second kappa shape index (κ2) is 6.34. The molecule has 2 N–H and O–H groups in total. The first-order chi connectivity index (χ1) is 9.06. The van der Waals surface area contributed by atoms with Crippen LogP contribution in [0.2, 0.25) is 20.1 Å². The van der Waals surface area contributed by atoms with E-state index in [1.54, 1.807) is 6.07 Å². The van der Waals surface area contributed by atoms with E-state index in [0.717, 1.165) is 16.7 Å². The van der Waals surface area contributed by atoms with Gasteiger partial charge in [0, 0.05) is 16.1 Å². The van der Waals surface area contributed by atoms with Gasteiger partial charge in [-0.05, 0) is 30.7 Å². The Hall–Kier alpha value is -0.440. The summed E-state index contributed by atoms with van der Waals surface area (Å²) in [4.78, 5) is 0. The summed E-state index contributed by atoms with van der Waals surface area (Å²) in [7, 11) is 0. The van der Waals surface area contributed by atoms with E-state index in [1.807, 2.05) is 24.3 Å². The molecule has 0 unspecified atom stereocenters. The molecule has 0 fully saturated rings. The van der Waals surface area contributed by atoms with Gasteiger partial charge in [0.25, 0.3) is 0 Å². The van der Waals surface area contributed by atoms with Crippen molar-refractivity contribution in [3.8, 4) is 11.1 Å². The second-order valence-electron chi connectivity index (χ2n) is 4.04. The highest BCUT2D eigenvalue weighted by atomic mass is 35.5. The molecule has 0 aromatic heterocycles. The lowest BCUT2D eigenvalue weighted by molar-refractivity contribution is 0.971. The summed E-state index contributed by atoms with van der Waals surface area (Å²) in [6.45, 7) is 0.534. The molecular formula is C14H11Cl4N. The van der Waals surface area contributed by atoms with Gasteiger partial charge in [-0.3, -0.25) is 0 Å². The Morgan fingerprint density at radius 1 is 0.842 bits per heavy atom. The van der Waals surface area contributed by atoms with E-state index in [9.17, 15) is 0 Å². The fourth-order valence-corrected chi connectivity index (χ4v) is 2.88. The zero-order chi connectivity index (χ0) is 14.0. The van der Waals surface area contributed by atoms with Gasteiger partial charge in [-0.15, -0.1) is 0 Å². The van der Waals surface area contributed by atoms with Crippen LogP contribution in [0, 0.1) is 0 Å². The Morgan fingerprint density at radius 2 is 1.58 bits per heavy atom. The van der Waals surface area contributed by atoms with Gasteiger partial charge in [-0.25, -0.2) is 0 Å². The molecule has 100 valence electrons. The molecule has 0 amide bonds. The summed E-state index contributed by atoms with van der Waals surface area (Å²) in [6.07, 6.45) is 0.715. The predicted molar refractivity (Wildman–Crippen MR) is 84.7 cm³/mol. The average molecular weight is 335 g/mol. The van der Waals surface area contributed by atoms with Gasteiger partial charge >= 0.3 is 0 Å². The highest BCUT2D eigenvalue weighted by molar-refractivity contribution is 6.49. The maximum Gasteiger partial charge on any atom is 0.0784 e. The topological polar surface area (TPSA) is 26.0 Å². The Bertz CT molecular complexity index is 611. The summed E-state index contributed by atoms with van der Waals surface area (Å²) < 4.78 is 0. The molecule has 2 rings (SSSR count). The quantitative estimate of drug-likeness (QED) is 0.740. The molecule has 0 heterocycles. The van der Waals surface area contributed by atoms with Gasteiger partial charge < -0.3 is 5.73 Å². The summed E-state index contributed by atoms with van der Waals surface area (Å²) in [5, 5.41) is 1.77. The van der Waals surface area contributed by atoms with Gasteiger partial charge in [0.1, 0.15) is 0 Å². The Morgan fingerprint density at radius 3 is 2.26 bits per heavy atom. The van der Waals surface area contributed by atoms with Crippen LogP contribution in [-0.4, -0.2) is 6.54 Å². The van der Waals surface area contributed by atoms with Crippen molar-refractivity contribution in [2.75, 3.05) is 6.54 Å². The van der Waals surface area contributed by atoms with Crippen LogP contribution in [0.5, 0.6) is 0 Å². The summed E-state index contributed by atoms with van der Waals surface area (Å²) in [5.41, 5.74) is 8.29. The molecule has 2 aromatic rings. The molecule has 0 radical (unpaired) electrons.